The number of piperazine rings is 1. The van der Waals surface area contributed by atoms with E-state index in [1.165, 1.54) is 5.69 Å². The highest BCUT2D eigenvalue weighted by Gasteiger charge is 2.19. The van der Waals surface area contributed by atoms with E-state index in [4.69, 9.17) is 11.6 Å². The topological polar surface area (TPSA) is 23.6 Å². The van der Waals surface area contributed by atoms with Crippen LogP contribution >= 0.6 is 11.6 Å². The lowest BCUT2D eigenvalue weighted by atomic mass is 10.2. The van der Waals surface area contributed by atoms with Crippen molar-refractivity contribution in [3.05, 3.63) is 71.3 Å². The Bertz CT molecular complexity index is 692. The highest BCUT2D eigenvalue weighted by atomic mass is 35.5. The van der Waals surface area contributed by atoms with Gasteiger partial charge in [0.1, 0.15) is 0 Å². The summed E-state index contributed by atoms with van der Waals surface area (Å²) in [5.41, 5.74) is 2.16. The third-order valence-corrected chi connectivity index (χ3v) is 4.21. The van der Waals surface area contributed by atoms with Crippen molar-refractivity contribution in [2.75, 3.05) is 31.1 Å². The Kier molecular flexibility index (Phi) is 4.99. The molecule has 0 radical (unpaired) electrons. The number of hydrogen-bond acceptors (Lipinski definition) is 2. The van der Waals surface area contributed by atoms with Gasteiger partial charge in [-0.2, -0.15) is 0 Å². The zero-order chi connectivity index (χ0) is 16.1. The average molecular weight is 327 g/mol. The predicted molar refractivity (Wildman–Crippen MR) is 95.7 cm³/mol. The lowest BCUT2D eigenvalue weighted by Crippen LogP contribution is -2.48. The summed E-state index contributed by atoms with van der Waals surface area (Å²) in [4.78, 5) is 16.5. The van der Waals surface area contributed by atoms with Crippen molar-refractivity contribution >= 4 is 29.3 Å². The average Bonchev–Trinajstić information content (AvgIpc) is 2.61. The molecule has 0 saturated carbocycles. The fourth-order valence-corrected chi connectivity index (χ4v) is 2.91. The van der Waals surface area contributed by atoms with E-state index < -0.39 is 0 Å². The standard InChI is InChI=1S/C19H19ClN2O/c20-17-6-4-5-16(15-17)9-10-19(23)22-13-11-21(12-14-22)18-7-2-1-3-8-18/h1-10,15H,11-14H2/b10-9+. The van der Waals surface area contributed by atoms with Gasteiger partial charge in [0.25, 0.3) is 0 Å². The third-order valence-electron chi connectivity index (χ3n) is 3.98. The quantitative estimate of drug-likeness (QED) is 0.803. The molecule has 0 aliphatic carbocycles. The summed E-state index contributed by atoms with van der Waals surface area (Å²) in [6, 6.07) is 17.8. The molecule has 118 valence electrons. The number of nitrogens with zero attached hydrogens (tertiary/aromatic N) is 2. The minimum atomic E-state index is 0.0534. The van der Waals surface area contributed by atoms with Gasteiger partial charge in [-0.3, -0.25) is 4.79 Å². The van der Waals surface area contributed by atoms with Crippen LogP contribution in [0.4, 0.5) is 5.69 Å². The van der Waals surface area contributed by atoms with Gasteiger partial charge in [0.2, 0.25) is 5.91 Å². The van der Waals surface area contributed by atoms with Gasteiger partial charge >= 0.3 is 0 Å². The summed E-state index contributed by atoms with van der Waals surface area (Å²) in [5.74, 6) is 0.0534. The maximum atomic E-state index is 12.3. The Labute approximate surface area is 141 Å². The van der Waals surface area contributed by atoms with Crippen molar-refractivity contribution < 1.29 is 4.79 Å². The molecule has 1 aliphatic heterocycles. The number of carbonyl (C=O) groups excluding carboxylic acids is 1. The van der Waals surface area contributed by atoms with Crippen molar-refractivity contribution in [1.29, 1.82) is 0 Å². The third kappa shape index (κ3) is 4.14. The van der Waals surface area contributed by atoms with Crippen molar-refractivity contribution in [1.82, 2.24) is 4.90 Å². The van der Waals surface area contributed by atoms with Gasteiger partial charge in [-0.1, -0.05) is 41.9 Å². The van der Waals surface area contributed by atoms with Crippen molar-refractivity contribution in [2.24, 2.45) is 0 Å². The molecule has 0 spiro atoms. The Morgan fingerprint density at radius 3 is 2.39 bits per heavy atom. The van der Waals surface area contributed by atoms with Crippen LogP contribution in [-0.4, -0.2) is 37.0 Å². The minimum Gasteiger partial charge on any atom is -0.368 e. The SMILES string of the molecule is O=C(/C=C/c1cccc(Cl)c1)N1CCN(c2ccccc2)CC1. The van der Waals surface area contributed by atoms with Gasteiger partial charge in [-0.25, -0.2) is 0 Å². The molecule has 2 aromatic carbocycles. The molecule has 1 aliphatic rings. The lowest BCUT2D eigenvalue weighted by molar-refractivity contribution is -0.126. The van der Waals surface area contributed by atoms with E-state index in [1.807, 2.05) is 53.4 Å². The van der Waals surface area contributed by atoms with Crippen molar-refractivity contribution in [3.8, 4) is 0 Å². The number of anilines is 1. The predicted octanol–water partition coefficient (Wildman–Crippen LogP) is 3.70. The summed E-state index contributed by atoms with van der Waals surface area (Å²) in [5, 5.41) is 0.677. The van der Waals surface area contributed by atoms with E-state index in [9.17, 15) is 4.79 Å². The monoisotopic (exact) mass is 326 g/mol. The molecule has 4 heteroatoms. The van der Waals surface area contributed by atoms with Crippen LogP contribution < -0.4 is 4.90 Å². The maximum absolute atomic E-state index is 12.3. The Morgan fingerprint density at radius 2 is 1.70 bits per heavy atom. The Morgan fingerprint density at radius 1 is 0.957 bits per heavy atom. The number of rotatable bonds is 3. The van der Waals surface area contributed by atoms with Gasteiger partial charge < -0.3 is 9.80 Å². The van der Waals surface area contributed by atoms with E-state index in [0.29, 0.717) is 5.02 Å². The van der Waals surface area contributed by atoms with Crippen LogP contribution in [-0.2, 0) is 4.79 Å². The molecule has 3 rings (SSSR count). The first-order valence-electron chi connectivity index (χ1n) is 7.75. The van der Waals surface area contributed by atoms with Gasteiger partial charge in [0.15, 0.2) is 0 Å². The van der Waals surface area contributed by atoms with Gasteiger partial charge in [0, 0.05) is 43.0 Å². The van der Waals surface area contributed by atoms with E-state index in [2.05, 4.69) is 17.0 Å². The molecule has 1 heterocycles. The van der Waals surface area contributed by atoms with Crippen LogP contribution in [0.3, 0.4) is 0 Å². The molecule has 0 unspecified atom stereocenters. The van der Waals surface area contributed by atoms with E-state index >= 15 is 0 Å². The minimum absolute atomic E-state index is 0.0534. The van der Waals surface area contributed by atoms with E-state index in [-0.39, 0.29) is 5.91 Å². The van der Waals surface area contributed by atoms with Crippen LogP contribution in [0.25, 0.3) is 6.08 Å². The summed E-state index contributed by atoms with van der Waals surface area (Å²) >= 11 is 5.95. The van der Waals surface area contributed by atoms with Crippen LogP contribution in [0.15, 0.2) is 60.7 Å². The molecule has 23 heavy (non-hydrogen) atoms. The largest absolute Gasteiger partial charge is 0.368 e. The first-order valence-corrected chi connectivity index (χ1v) is 8.13. The van der Waals surface area contributed by atoms with Gasteiger partial charge in [-0.05, 0) is 35.9 Å². The highest BCUT2D eigenvalue weighted by molar-refractivity contribution is 6.30. The number of carbonyl (C=O) groups is 1. The summed E-state index contributed by atoms with van der Waals surface area (Å²) < 4.78 is 0. The first kappa shape index (κ1) is 15.6. The van der Waals surface area contributed by atoms with Gasteiger partial charge in [-0.15, -0.1) is 0 Å². The lowest BCUT2D eigenvalue weighted by Gasteiger charge is -2.35. The van der Waals surface area contributed by atoms with Crippen LogP contribution in [0.1, 0.15) is 5.56 Å². The number of para-hydroxylation sites is 1. The fraction of sp³-hybridized carbons (Fsp3) is 0.211. The zero-order valence-corrected chi connectivity index (χ0v) is 13.6. The first-order chi connectivity index (χ1) is 11.2. The Hall–Kier alpha value is -2.26. The number of amides is 1. The number of halogens is 1. The molecule has 0 N–H and O–H groups in total. The number of benzene rings is 2. The molecule has 1 amide bonds. The maximum Gasteiger partial charge on any atom is 0.246 e. The van der Waals surface area contributed by atoms with Crippen LogP contribution in [0.5, 0.6) is 0 Å². The number of hydrogen-bond donors (Lipinski definition) is 0. The second-order valence-corrected chi connectivity index (χ2v) is 5.97. The fourth-order valence-electron chi connectivity index (χ4n) is 2.71. The summed E-state index contributed by atoms with van der Waals surface area (Å²) in [6.07, 6.45) is 3.45. The smallest absolute Gasteiger partial charge is 0.246 e. The Balaban J connectivity index is 1.56. The van der Waals surface area contributed by atoms with Crippen molar-refractivity contribution in [3.63, 3.8) is 0 Å². The van der Waals surface area contributed by atoms with E-state index in [1.54, 1.807) is 6.08 Å². The van der Waals surface area contributed by atoms with Crippen molar-refractivity contribution in [2.45, 2.75) is 0 Å². The second-order valence-electron chi connectivity index (χ2n) is 5.54. The summed E-state index contributed by atoms with van der Waals surface area (Å²) in [6.45, 7) is 3.21. The summed E-state index contributed by atoms with van der Waals surface area (Å²) in [7, 11) is 0. The second kappa shape index (κ2) is 7.34. The zero-order valence-electron chi connectivity index (χ0n) is 12.9. The van der Waals surface area contributed by atoms with E-state index in [0.717, 1.165) is 31.7 Å². The molecule has 2 aromatic rings. The molecular weight excluding hydrogens is 308 g/mol. The molecule has 1 saturated heterocycles. The van der Waals surface area contributed by atoms with Crippen LogP contribution in [0, 0.1) is 0 Å². The molecule has 1 fully saturated rings. The molecule has 0 bridgehead atoms. The highest BCUT2D eigenvalue weighted by Crippen LogP contribution is 2.16. The van der Waals surface area contributed by atoms with Crippen LogP contribution in [0.2, 0.25) is 5.02 Å². The molecular formula is C19H19ClN2O. The molecule has 0 aromatic heterocycles. The molecule has 3 nitrogen and oxygen atoms in total. The normalized spacial score (nSPS) is 15.2. The molecule has 0 atom stereocenters. The van der Waals surface area contributed by atoms with Gasteiger partial charge in [0.05, 0.1) is 0 Å².